The lowest BCUT2D eigenvalue weighted by Crippen LogP contribution is -2.25. The number of amides is 1. The van der Waals surface area contributed by atoms with Gasteiger partial charge in [-0.1, -0.05) is 50.0 Å². The second-order valence-electron chi connectivity index (χ2n) is 6.94. The van der Waals surface area contributed by atoms with Gasteiger partial charge in [0.15, 0.2) is 0 Å². The molecular weight excluding hydrogens is 318 g/mol. The Morgan fingerprint density at radius 1 is 1.33 bits per heavy atom. The zero-order valence-corrected chi connectivity index (χ0v) is 15.6. The lowest BCUT2D eigenvalue weighted by Gasteiger charge is -2.14. The van der Waals surface area contributed by atoms with Gasteiger partial charge in [-0.25, -0.2) is 10.2 Å². The maximum Gasteiger partial charge on any atom is 0.427 e. The summed E-state index contributed by atoms with van der Waals surface area (Å²) in [6.45, 7) is 7.17. The highest BCUT2D eigenvalue weighted by molar-refractivity contribution is 6.76. The van der Waals surface area contributed by atoms with Gasteiger partial charge in [0, 0.05) is 20.0 Å². The van der Waals surface area contributed by atoms with Crippen LogP contribution in [0.25, 0.3) is 0 Å². The summed E-state index contributed by atoms with van der Waals surface area (Å²) < 4.78 is 5.10. The van der Waals surface area contributed by atoms with E-state index in [1.807, 2.05) is 30.5 Å². The van der Waals surface area contributed by atoms with Crippen molar-refractivity contribution in [3.05, 3.63) is 47.7 Å². The molecule has 0 saturated carbocycles. The third-order valence-electron chi connectivity index (χ3n) is 3.58. The molecule has 1 N–H and O–H groups in total. The number of allylic oxidation sites excluding steroid dienone is 1. The fraction of sp³-hybridized carbons (Fsp3) is 0.389. The summed E-state index contributed by atoms with van der Waals surface area (Å²) in [6, 6.07) is 8.90. The molecule has 0 aromatic heterocycles. The van der Waals surface area contributed by atoms with Gasteiger partial charge in [0.2, 0.25) is 0 Å². The minimum absolute atomic E-state index is 0.447. The van der Waals surface area contributed by atoms with Crippen molar-refractivity contribution in [2.24, 2.45) is 10.1 Å². The van der Waals surface area contributed by atoms with E-state index >= 15 is 0 Å². The number of nitrogens with zero attached hydrogens (tertiary/aromatic N) is 2. The number of carbonyl (C=O) groups is 1. The van der Waals surface area contributed by atoms with Crippen LogP contribution in [0.2, 0.25) is 25.7 Å². The maximum atomic E-state index is 11.5. The van der Waals surface area contributed by atoms with Crippen LogP contribution < -0.4 is 5.43 Å². The Morgan fingerprint density at radius 3 is 2.71 bits per heavy atom. The molecule has 0 unspecified atom stereocenters. The van der Waals surface area contributed by atoms with E-state index in [9.17, 15) is 4.79 Å². The molecule has 24 heavy (non-hydrogen) atoms. The maximum absolute atomic E-state index is 11.5. The van der Waals surface area contributed by atoms with E-state index in [0.717, 1.165) is 35.7 Å². The van der Waals surface area contributed by atoms with Crippen LogP contribution >= 0.6 is 0 Å². The van der Waals surface area contributed by atoms with Crippen molar-refractivity contribution in [3.63, 3.8) is 0 Å². The van der Waals surface area contributed by atoms with E-state index in [1.54, 1.807) is 6.21 Å². The molecule has 6 heteroatoms. The predicted molar refractivity (Wildman–Crippen MR) is 102 cm³/mol. The van der Waals surface area contributed by atoms with Crippen LogP contribution in [0.3, 0.4) is 0 Å². The van der Waals surface area contributed by atoms with E-state index in [0.29, 0.717) is 6.61 Å². The molecular formula is C18H25N3O2Si. The summed E-state index contributed by atoms with van der Waals surface area (Å²) in [4.78, 5) is 15.9. The molecule has 1 aromatic rings. The molecule has 0 atom stereocenters. The van der Waals surface area contributed by atoms with Gasteiger partial charge in [0.25, 0.3) is 0 Å². The molecule has 0 fully saturated rings. The Bertz CT molecular complexity index is 643. The van der Waals surface area contributed by atoms with E-state index < -0.39 is 14.2 Å². The Morgan fingerprint density at radius 2 is 2.08 bits per heavy atom. The number of carbonyl (C=O) groups excluding carboxylic acids is 1. The van der Waals surface area contributed by atoms with Gasteiger partial charge in [0.05, 0.1) is 12.8 Å². The fourth-order valence-corrected chi connectivity index (χ4v) is 2.84. The van der Waals surface area contributed by atoms with Crippen LogP contribution in [0.1, 0.15) is 24.0 Å². The zero-order valence-electron chi connectivity index (χ0n) is 14.6. The van der Waals surface area contributed by atoms with E-state index in [1.165, 1.54) is 0 Å². The van der Waals surface area contributed by atoms with Crippen LogP contribution in [0.4, 0.5) is 4.79 Å². The number of ether oxygens (including phenoxy) is 1. The van der Waals surface area contributed by atoms with Gasteiger partial charge in [-0.05, 0) is 30.0 Å². The molecule has 0 saturated heterocycles. The van der Waals surface area contributed by atoms with Crippen molar-refractivity contribution >= 4 is 26.1 Å². The van der Waals surface area contributed by atoms with Gasteiger partial charge >= 0.3 is 6.09 Å². The van der Waals surface area contributed by atoms with Crippen molar-refractivity contribution in [2.45, 2.75) is 38.5 Å². The number of aliphatic imine (C=N–C) groups is 1. The van der Waals surface area contributed by atoms with Gasteiger partial charge < -0.3 is 4.74 Å². The number of hydrazone groups is 1. The average Bonchev–Trinajstić information content (AvgIpc) is 2.55. The Kier molecular flexibility index (Phi) is 6.49. The van der Waals surface area contributed by atoms with Gasteiger partial charge in [-0.2, -0.15) is 5.10 Å². The summed E-state index contributed by atoms with van der Waals surface area (Å²) in [5.41, 5.74) is 5.52. The van der Waals surface area contributed by atoms with Gasteiger partial charge in [-0.15, -0.1) is 0 Å². The lowest BCUT2D eigenvalue weighted by molar-refractivity contribution is 0.152. The Hall–Kier alpha value is -2.21. The van der Waals surface area contributed by atoms with Crippen LogP contribution in [-0.2, 0) is 4.74 Å². The first kappa shape index (κ1) is 18.1. The molecule has 1 heterocycles. The topological polar surface area (TPSA) is 63.0 Å². The van der Waals surface area contributed by atoms with Crippen LogP contribution in [0.5, 0.6) is 0 Å². The normalized spacial score (nSPS) is 14.5. The minimum atomic E-state index is -1.19. The quantitative estimate of drug-likeness (QED) is 0.478. The predicted octanol–water partition coefficient (Wildman–Crippen LogP) is 4.18. The first-order valence-corrected chi connectivity index (χ1v) is 11.9. The summed E-state index contributed by atoms with van der Waals surface area (Å²) >= 11 is 0. The van der Waals surface area contributed by atoms with Gasteiger partial charge in [-0.3, -0.25) is 4.99 Å². The molecule has 1 amide bonds. The first-order valence-electron chi connectivity index (χ1n) is 8.22. The molecule has 0 radical (unpaired) electrons. The highest BCUT2D eigenvalue weighted by Gasteiger charge is 2.13. The zero-order chi connectivity index (χ0) is 17.4. The number of rotatable bonds is 6. The minimum Gasteiger partial charge on any atom is -0.449 e. The van der Waals surface area contributed by atoms with Crippen LogP contribution in [0, 0.1) is 0 Å². The average molecular weight is 344 g/mol. The smallest absolute Gasteiger partial charge is 0.427 e. The van der Waals surface area contributed by atoms with Crippen LogP contribution in [0.15, 0.2) is 46.6 Å². The third-order valence-corrected chi connectivity index (χ3v) is 5.29. The van der Waals surface area contributed by atoms with Crippen molar-refractivity contribution < 1.29 is 9.53 Å². The van der Waals surface area contributed by atoms with E-state index in [-0.39, 0.29) is 0 Å². The molecule has 0 spiro atoms. The molecule has 1 aliphatic rings. The number of hydrogen-bond donors (Lipinski definition) is 1. The molecule has 5 nitrogen and oxygen atoms in total. The third kappa shape index (κ3) is 6.50. The Balaban J connectivity index is 1.78. The summed E-state index contributed by atoms with van der Waals surface area (Å²) in [6.07, 6.45) is 7.02. The number of nitrogens with one attached hydrogen (secondary N) is 1. The van der Waals surface area contributed by atoms with Gasteiger partial charge in [0.1, 0.15) is 0 Å². The van der Waals surface area contributed by atoms with Crippen molar-refractivity contribution in [1.82, 2.24) is 5.43 Å². The highest BCUT2D eigenvalue weighted by atomic mass is 28.3. The lowest BCUT2D eigenvalue weighted by atomic mass is 10.0. The molecule has 0 aliphatic carbocycles. The number of hydrogen-bond acceptors (Lipinski definition) is 4. The second-order valence-corrected chi connectivity index (χ2v) is 12.6. The van der Waals surface area contributed by atoms with Crippen LogP contribution in [-0.4, -0.2) is 32.7 Å². The van der Waals surface area contributed by atoms with Crippen molar-refractivity contribution in [2.75, 3.05) is 6.61 Å². The van der Waals surface area contributed by atoms with Crippen molar-refractivity contribution in [1.29, 1.82) is 0 Å². The molecule has 1 aliphatic heterocycles. The van der Waals surface area contributed by atoms with E-state index in [2.05, 4.69) is 41.2 Å². The highest BCUT2D eigenvalue weighted by Crippen LogP contribution is 2.12. The molecule has 128 valence electrons. The largest absolute Gasteiger partial charge is 0.449 e. The first-order chi connectivity index (χ1) is 11.4. The van der Waals surface area contributed by atoms with E-state index in [4.69, 9.17) is 4.74 Å². The molecule has 0 bridgehead atoms. The summed E-state index contributed by atoms with van der Waals surface area (Å²) in [7, 11) is -1.19. The molecule has 2 rings (SSSR count). The molecule has 1 aromatic carbocycles. The van der Waals surface area contributed by atoms with Crippen molar-refractivity contribution in [3.8, 4) is 0 Å². The summed E-state index contributed by atoms with van der Waals surface area (Å²) in [5.74, 6) is 0. The fourth-order valence-electron chi connectivity index (χ4n) is 2.12. The second kappa shape index (κ2) is 8.59. The Labute approximate surface area is 144 Å². The standard InChI is InChI=1S/C18H25N3O2Si/c1-24(2,3)13-12-23-18(22)21-20-14-15-7-9-16(10-8-15)17-6-4-5-11-19-17/h5,7-11,14H,4,6,12-13H2,1-3H3,(H,21,22)/b20-14+. The SMILES string of the molecule is C[Si](C)(C)CCOC(=O)N/N=C/c1ccc(C2=NC=CCC2)cc1. The summed E-state index contributed by atoms with van der Waals surface area (Å²) in [5, 5.41) is 3.92. The monoisotopic (exact) mass is 343 g/mol. The number of benzene rings is 1.